The van der Waals surface area contributed by atoms with Crippen molar-refractivity contribution < 1.29 is 9.53 Å². The number of para-hydroxylation sites is 1. The van der Waals surface area contributed by atoms with Crippen LogP contribution >= 0.6 is 0 Å². The minimum Gasteiger partial charge on any atom is -0.493 e. The summed E-state index contributed by atoms with van der Waals surface area (Å²) in [5.41, 5.74) is 1.24. The monoisotopic (exact) mass is 330 g/mol. The van der Waals surface area contributed by atoms with Gasteiger partial charge in [0, 0.05) is 38.0 Å². The van der Waals surface area contributed by atoms with E-state index in [1.54, 1.807) is 0 Å². The van der Waals surface area contributed by atoms with Crippen molar-refractivity contribution in [1.29, 1.82) is 0 Å². The second-order valence-electron chi connectivity index (χ2n) is 6.28. The van der Waals surface area contributed by atoms with E-state index in [0.717, 1.165) is 44.2 Å². The van der Waals surface area contributed by atoms with E-state index in [0.29, 0.717) is 18.9 Å². The molecule has 3 N–H and O–H groups in total. The number of nitrogens with one attached hydrogen (secondary N) is 3. The van der Waals surface area contributed by atoms with Gasteiger partial charge in [0.15, 0.2) is 5.96 Å². The maximum absolute atomic E-state index is 11.3. The van der Waals surface area contributed by atoms with Crippen LogP contribution in [0.4, 0.5) is 0 Å². The van der Waals surface area contributed by atoms with Crippen LogP contribution in [-0.4, -0.2) is 44.1 Å². The first-order valence-electron chi connectivity index (χ1n) is 8.79. The third-order valence-corrected chi connectivity index (χ3v) is 4.50. The molecule has 2 aliphatic rings. The Morgan fingerprint density at radius 1 is 1.38 bits per heavy atom. The highest BCUT2D eigenvalue weighted by Gasteiger charge is 2.22. The van der Waals surface area contributed by atoms with Gasteiger partial charge in [-0.15, -0.1) is 0 Å². The van der Waals surface area contributed by atoms with Gasteiger partial charge in [-0.25, -0.2) is 0 Å². The average molecular weight is 330 g/mol. The number of amides is 1. The lowest BCUT2D eigenvalue weighted by Crippen LogP contribution is -2.51. The molecule has 0 aliphatic carbocycles. The number of rotatable bonds is 4. The predicted molar refractivity (Wildman–Crippen MR) is 94.4 cm³/mol. The highest BCUT2D eigenvalue weighted by Crippen LogP contribution is 2.33. The molecule has 130 valence electrons. The minimum absolute atomic E-state index is 0.133. The van der Waals surface area contributed by atoms with Crippen molar-refractivity contribution in [3.05, 3.63) is 29.8 Å². The zero-order chi connectivity index (χ0) is 16.8. The number of nitrogens with zero attached hydrogens (tertiary/aromatic N) is 1. The van der Waals surface area contributed by atoms with Crippen LogP contribution < -0.4 is 20.7 Å². The number of aliphatic imine (C=N–C) groups is 1. The molecular formula is C18H26N4O2. The van der Waals surface area contributed by atoms with Gasteiger partial charge in [0.05, 0.1) is 6.61 Å². The molecule has 2 unspecified atom stereocenters. The fourth-order valence-electron chi connectivity index (χ4n) is 3.18. The molecule has 3 rings (SSSR count). The van der Waals surface area contributed by atoms with Gasteiger partial charge in [0.25, 0.3) is 0 Å². The predicted octanol–water partition coefficient (Wildman–Crippen LogP) is 1.39. The molecule has 0 bridgehead atoms. The number of ether oxygens (including phenoxy) is 1. The molecule has 1 aromatic carbocycles. The third kappa shape index (κ3) is 4.19. The Balaban J connectivity index is 1.63. The molecule has 24 heavy (non-hydrogen) atoms. The summed E-state index contributed by atoms with van der Waals surface area (Å²) in [6.07, 6.45) is 2.40. The van der Waals surface area contributed by atoms with Crippen LogP contribution in [0.5, 0.6) is 5.75 Å². The number of hydrogen-bond acceptors (Lipinski definition) is 3. The normalized spacial score (nSPS) is 23.7. The maximum atomic E-state index is 11.3. The molecule has 2 atom stereocenters. The SMILES string of the molecule is CCNC(=NCC1CCOc2ccccc21)NC1CCC(=O)NC1. The summed E-state index contributed by atoms with van der Waals surface area (Å²) in [4.78, 5) is 16.0. The number of hydrogen-bond donors (Lipinski definition) is 3. The molecule has 6 heteroatoms. The Morgan fingerprint density at radius 2 is 2.25 bits per heavy atom. The summed E-state index contributed by atoms with van der Waals surface area (Å²) in [6, 6.07) is 8.46. The molecule has 1 aromatic rings. The van der Waals surface area contributed by atoms with E-state index in [1.807, 2.05) is 12.1 Å². The van der Waals surface area contributed by atoms with Crippen LogP contribution in [0.25, 0.3) is 0 Å². The summed E-state index contributed by atoms with van der Waals surface area (Å²) >= 11 is 0. The molecule has 0 radical (unpaired) electrons. The fourth-order valence-corrected chi connectivity index (χ4v) is 3.18. The lowest BCUT2D eigenvalue weighted by molar-refractivity contribution is -0.122. The molecule has 0 saturated carbocycles. The second-order valence-corrected chi connectivity index (χ2v) is 6.28. The summed E-state index contributed by atoms with van der Waals surface area (Å²) in [7, 11) is 0. The first-order chi connectivity index (χ1) is 11.8. The Labute approximate surface area is 143 Å². The smallest absolute Gasteiger partial charge is 0.220 e. The van der Waals surface area contributed by atoms with Crippen LogP contribution in [0.2, 0.25) is 0 Å². The molecule has 2 aliphatic heterocycles. The number of fused-ring (bicyclic) bond motifs is 1. The molecule has 1 saturated heterocycles. The van der Waals surface area contributed by atoms with Crippen molar-refractivity contribution in [1.82, 2.24) is 16.0 Å². The number of guanidine groups is 1. The number of carbonyl (C=O) groups excluding carboxylic acids is 1. The van der Waals surface area contributed by atoms with Gasteiger partial charge < -0.3 is 20.7 Å². The topological polar surface area (TPSA) is 74.8 Å². The first-order valence-corrected chi connectivity index (χ1v) is 8.79. The van der Waals surface area contributed by atoms with E-state index in [9.17, 15) is 4.79 Å². The van der Waals surface area contributed by atoms with E-state index >= 15 is 0 Å². The lowest BCUT2D eigenvalue weighted by Gasteiger charge is -2.27. The van der Waals surface area contributed by atoms with Gasteiger partial charge in [0.1, 0.15) is 5.75 Å². The molecule has 2 heterocycles. The standard InChI is InChI=1S/C18H26N4O2/c1-2-19-18(22-14-7-8-17(23)20-12-14)21-11-13-9-10-24-16-6-4-3-5-15(13)16/h3-6,13-14H,2,7-12H2,1H3,(H,20,23)(H2,19,21,22). The number of piperidine rings is 1. The zero-order valence-electron chi connectivity index (χ0n) is 14.2. The maximum Gasteiger partial charge on any atom is 0.220 e. The van der Waals surface area contributed by atoms with E-state index in [1.165, 1.54) is 5.56 Å². The van der Waals surface area contributed by atoms with Crippen LogP contribution in [-0.2, 0) is 4.79 Å². The summed E-state index contributed by atoms with van der Waals surface area (Å²) in [5, 5.41) is 9.63. The van der Waals surface area contributed by atoms with Gasteiger partial charge in [-0.3, -0.25) is 9.79 Å². The Morgan fingerprint density at radius 3 is 3.04 bits per heavy atom. The largest absolute Gasteiger partial charge is 0.493 e. The van der Waals surface area contributed by atoms with Crippen molar-refractivity contribution in [2.45, 2.75) is 38.1 Å². The lowest BCUT2D eigenvalue weighted by atomic mass is 9.93. The minimum atomic E-state index is 0.133. The number of carbonyl (C=O) groups is 1. The summed E-state index contributed by atoms with van der Waals surface area (Å²) in [5.74, 6) is 2.32. The van der Waals surface area contributed by atoms with Gasteiger partial charge in [0.2, 0.25) is 5.91 Å². The first kappa shape index (κ1) is 16.6. The van der Waals surface area contributed by atoms with Gasteiger partial charge in [-0.05, 0) is 31.4 Å². The molecule has 1 amide bonds. The van der Waals surface area contributed by atoms with E-state index in [2.05, 4.69) is 35.0 Å². The molecular weight excluding hydrogens is 304 g/mol. The second kappa shape index (κ2) is 8.04. The van der Waals surface area contributed by atoms with E-state index in [4.69, 9.17) is 9.73 Å². The highest BCUT2D eigenvalue weighted by molar-refractivity contribution is 5.81. The van der Waals surface area contributed by atoms with Crippen molar-refractivity contribution in [3.8, 4) is 5.75 Å². The third-order valence-electron chi connectivity index (χ3n) is 4.50. The molecule has 6 nitrogen and oxygen atoms in total. The van der Waals surface area contributed by atoms with Gasteiger partial charge in [-0.2, -0.15) is 0 Å². The van der Waals surface area contributed by atoms with Gasteiger partial charge in [-0.1, -0.05) is 18.2 Å². The fraction of sp³-hybridized carbons (Fsp3) is 0.556. The van der Waals surface area contributed by atoms with Crippen LogP contribution in [0.3, 0.4) is 0 Å². The molecule has 0 aromatic heterocycles. The van der Waals surface area contributed by atoms with Gasteiger partial charge >= 0.3 is 0 Å². The Kier molecular flexibility index (Phi) is 5.56. The highest BCUT2D eigenvalue weighted by atomic mass is 16.5. The summed E-state index contributed by atoms with van der Waals surface area (Å²) in [6.45, 7) is 5.01. The van der Waals surface area contributed by atoms with Crippen LogP contribution in [0.1, 0.15) is 37.7 Å². The van der Waals surface area contributed by atoms with Crippen LogP contribution in [0.15, 0.2) is 29.3 Å². The van der Waals surface area contributed by atoms with E-state index < -0.39 is 0 Å². The van der Waals surface area contributed by atoms with Crippen molar-refractivity contribution in [2.75, 3.05) is 26.2 Å². The van der Waals surface area contributed by atoms with Crippen LogP contribution in [0, 0.1) is 0 Å². The Bertz CT molecular complexity index is 592. The van der Waals surface area contributed by atoms with Crippen molar-refractivity contribution in [3.63, 3.8) is 0 Å². The average Bonchev–Trinajstić information content (AvgIpc) is 2.62. The van der Waals surface area contributed by atoms with Crippen molar-refractivity contribution >= 4 is 11.9 Å². The van der Waals surface area contributed by atoms with Crippen molar-refractivity contribution in [2.24, 2.45) is 4.99 Å². The Hall–Kier alpha value is -2.24. The molecule has 0 spiro atoms. The molecule has 1 fully saturated rings. The van der Waals surface area contributed by atoms with E-state index in [-0.39, 0.29) is 11.9 Å². The zero-order valence-corrected chi connectivity index (χ0v) is 14.2. The quantitative estimate of drug-likeness (QED) is 0.576. The number of benzene rings is 1. The summed E-state index contributed by atoms with van der Waals surface area (Å²) < 4.78 is 5.72.